The van der Waals surface area contributed by atoms with Crippen molar-refractivity contribution < 1.29 is 9.32 Å². The molecule has 0 fully saturated rings. The first-order valence-corrected chi connectivity index (χ1v) is 8.35. The Balaban J connectivity index is 0.00000312. The van der Waals surface area contributed by atoms with Crippen molar-refractivity contribution in [3.8, 4) is 0 Å². The molecule has 2 N–H and O–H groups in total. The topological polar surface area (TPSA) is 80.0 Å². The van der Waals surface area contributed by atoms with Gasteiger partial charge in [0.25, 0.3) is 5.91 Å². The van der Waals surface area contributed by atoms with Gasteiger partial charge >= 0.3 is 0 Å². The lowest BCUT2D eigenvalue weighted by Crippen LogP contribution is -2.32. The van der Waals surface area contributed by atoms with Gasteiger partial charge < -0.3 is 15.2 Å². The van der Waals surface area contributed by atoms with E-state index in [0.29, 0.717) is 28.7 Å². The third-order valence-electron chi connectivity index (χ3n) is 3.80. The Kier molecular flexibility index (Phi) is 8.35. The Morgan fingerprint density at radius 3 is 2.56 bits per heavy atom. The largest absolute Gasteiger partial charge is 0.340 e. The molecular formula is C17H24Cl2N4O2. The summed E-state index contributed by atoms with van der Waals surface area (Å²) in [4.78, 5) is 16.9. The number of rotatable bonds is 7. The van der Waals surface area contributed by atoms with E-state index in [1.807, 2.05) is 27.8 Å². The van der Waals surface area contributed by atoms with Crippen LogP contribution in [-0.4, -0.2) is 29.1 Å². The van der Waals surface area contributed by atoms with Crippen LogP contribution in [0.15, 0.2) is 28.8 Å². The van der Waals surface area contributed by atoms with Gasteiger partial charge in [-0.2, -0.15) is 4.98 Å². The number of benzene rings is 1. The second-order valence-corrected chi connectivity index (χ2v) is 6.52. The number of aromatic nitrogens is 2. The van der Waals surface area contributed by atoms with Crippen molar-refractivity contribution in [2.75, 3.05) is 7.05 Å². The van der Waals surface area contributed by atoms with Crippen molar-refractivity contribution in [2.45, 2.75) is 39.3 Å². The van der Waals surface area contributed by atoms with Crippen LogP contribution in [0.25, 0.3) is 0 Å². The van der Waals surface area contributed by atoms with Crippen LogP contribution in [0, 0.1) is 5.92 Å². The van der Waals surface area contributed by atoms with Crippen LogP contribution < -0.4 is 10.6 Å². The number of hydrogen-bond donors (Lipinski definition) is 2. The third-order valence-corrected chi connectivity index (χ3v) is 4.13. The van der Waals surface area contributed by atoms with Crippen molar-refractivity contribution in [1.82, 2.24) is 20.8 Å². The molecule has 2 unspecified atom stereocenters. The molecule has 0 aliphatic carbocycles. The number of halogens is 2. The summed E-state index contributed by atoms with van der Waals surface area (Å²) in [6.07, 6.45) is 0.656. The molecule has 1 heterocycles. The van der Waals surface area contributed by atoms with Crippen LogP contribution in [-0.2, 0) is 6.42 Å². The van der Waals surface area contributed by atoms with Gasteiger partial charge in [0.1, 0.15) is 6.04 Å². The van der Waals surface area contributed by atoms with Crippen molar-refractivity contribution in [3.63, 3.8) is 0 Å². The fourth-order valence-corrected chi connectivity index (χ4v) is 2.45. The van der Waals surface area contributed by atoms with E-state index in [9.17, 15) is 4.79 Å². The first-order valence-electron chi connectivity index (χ1n) is 7.97. The maximum Gasteiger partial charge on any atom is 0.253 e. The van der Waals surface area contributed by atoms with E-state index >= 15 is 0 Å². The Labute approximate surface area is 159 Å². The fourth-order valence-electron chi connectivity index (χ4n) is 2.23. The van der Waals surface area contributed by atoms with Gasteiger partial charge in [-0.1, -0.05) is 42.7 Å². The number of nitrogens with one attached hydrogen (secondary N) is 2. The maximum absolute atomic E-state index is 12.5. The zero-order valence-electron chi connectivity index (χ0n) is 14.7. The predicted octanol–water partition coefficient (Wildman–Crippen LogP) is 3.42. The average Bonchev–Trinajstić information content (AvgIpc) is 3.00. The highest BCUT2D eigenvalue weighted by atomic mass is 35.5. The minimum Gasteiger partial charge on any atom is -0.340 e. The average molecular weight is 387 g/mol. The number of carbonyl (C=O) groups excluding carboxylic acids is 1. The van der Waals surface area contributed by atoms with Crippen molar-refractivity contribution in [3.05, 3.63) is 46.6 Å². The van der Waals surface area contributed by atoms with Crippen LogP contribution >= 0.6 is 24.0 Å². The van der Waals surface area contributed by atoms with E-state index in [2.05, 4.69) is 20.8 Å². The van der Waals surface area contributed by atoms with Crippen molar-refractivity contribution in [2.24, 2.45) is 5.92 Å². The van der Waals surface area contributed by atoms with Crippen LogP contribution in [0.1, 0.15) is 48.9 Å². The van der Waals surface area contributed by atoms with E-state index in [1.165, 1.54) is 0 Å². The van der Waals surface area contributed by atoms with Crippen molar-refractivity contribution in [1.29, 1.82) is 0 Å². The molecule has 6 nitrogen and oxygen atoms in total. The number of hydrogen-bond acceptors (Lipinski definition) is 5. The molecule has 0 aliphatic heterocycles. The SMILES string of the molecule is CNC(C)Cc1noc(C(NC(=O)c2ccccc2Cl)C(C)C)n1.Cl. The van der Waals surface area contributed by atoms with Gasteiger partial charge in [-0.05, 0) is 32.0 Å². The van der Waals surface area contributed by atoms with Gasteiger partial charge in [0.05, 0.1) is 10.6 Å². The first kappa shape index (κ1) is 21.4. The number of amides is 1. The molecule has 0 saturated carbocycles. The Morgan fingerprint density at radius 2 is 1.96 bits per heavy atom. The molecular weight excluding hydrogens is 363 g/mol. The highest BCUT2D eigenvalue weighted by Gasteiger charge is 2.26. The van der Waals surface area contributed by atoms with E-state index in [0.717, 1.165) is 0 Å². The normalized spacial score (nSPS) is 13.2. The summed E-state index contributed by atoms with van der Waals surface area (Å²) in [6.45, 7) is 6.00. The number of carbonyl (C=O) groups is 1. The molecule has 0 aliphatic rings. The van der Waals surface area contributed by atoms with Gasteiger partial charge in [0.2, 0.25) is 5.89 Å². The van der Waals surface area contributed by atoms with E-state index < -0.39 is 0 Å². The highest BCUT2D eigenvalue weighted by Crippen LogP contribution is 2.22. The lowest BCUT2D eigenvalue weighted by Gasteiger charge is -2.18. The summed E-state index contributed by atoms with van der Waals surface area (Å²) in [6, 6.07) is 6.79. The third kappa shape index (κ3) is 5.70. The smallest absolute Gasteiger partial charge is 0.253 e. The second kappa shape index (κ2) is 9.75. The van der Waals surface area contributed by atoms with Gasteiger partial charge in [0.15, 0.2) is 5.82 Å². The van der Waals surface area contributed by atoms with Gasteiger partial charge in [-0.15, -0.1) is 12.4 Å². The molecule has 25 heavy (non-hydrogen) atoms. The van der Waals surface area contributed by atoms with Crippen LogP contribution in [0.4, 0.5) is 0 Å². The number of likely N-dealkylation sites (N-methyl/N-ethyl adjacent to an activating group) is 1. The molecule has 2 aromatic rings. The van der Waals surface area contributed by atoms with Gasteiger partial charge in [0, 0.05) is 12.5 Å². The lowest BCUT2D eigenvalue weighted by atomic mass is 10.0. The van der Waals surface area contributed by atoms with E-state index in [4.69, 9.17) is 16.1 Å². The van der Waals surface area contributed by atoms with Gasteiger partial charge in [-0.3, -0.25) is 4.79 Å². The quantitative estimate of drug-likeness (QED) is 0.761. The minimum atomic E-state index is -0.375. The molecule has 138 valence electrons. The summed E-state index contributed by atoms with van der Waals surface area (Å²) >= 11 is 6.09. The highest BCUT2D eigenvalue weighted by molar-refractivity contribution is 6.33. The Hall–Kier alpha value is -1.63. The molecule has 1 aromatic carbocycles. The minimum absolute atomic E-state index is 0. The number of nitrogens with zero attached hydrogens (tertiary/aromatic N) is 2. The molecule has 2 atom stereocenters. The molecule has 0 saturated heterocycles. The molecule has 1 aromatic heterocycles. The molecule has 0 radical (unpaired) electrons. The molecule has 8 heteroatoms. The fraction of sp³-hybridized carbons (Fsp3) is 0.471. The summed E-state index contributed by atoms with van der Waals surface area (Å²) < 4.78 is 5.36. The maximum atomic E-state index is 12.5. The molecule has 0 spiro atoms. The van der Waals surface area contributed by atoms with Crippen LogP contribution in [0.2, 0.25) is 5.02 Å². The Morgan fingerprint density at radius 1 is 1.28 bits per heavy atom. The Bertz CT molecular complexity index is 691. The van der Waals surface area contributed by atoms with Crippen LogP contribution in [0.3, 0.4) is 0 Å². The molecule has 1 amide bonds. The summed E-state index contributed by atoms with van der Waals surface area (Å²) in [5, 5.41) is 10.5. The summed E-state index contributed by atoms with van der Waals surface area (Å²) in [5.41, 5.74) is 0.424. The van der Waals surface area contributed by atoms with Gasteiger partial charge in [-0.25, -0.2) is 0 Å². The van der Waals surface area contributed by atoms with Crippen LogP contribution in [0.5, 0.6) is 0 Å². The zero-order valence-corrected chi connectivity index (χ0v) is 16.3. The summed E-state index contributed by atoms with van der Waals surface area (Å²) in [5.74, 6) is 0.849. The standard InChI is InChI=1S/C17H23ClN4O2.ClH/c1-10(2)15(17-20-14(22-24-17)9-11(3)19-4)21-16(23)12-7-5-6-8-13(12)18;/h5-8,10-11,15,19H,9H2,1-4H3,(H,21,23);1H. The molecule has 2 rings (SSSR count). The molecule has 0 bridgehead atoms. The van der Waals surface area contributed by atoms with E-state index in [1.54, 1.807) is 24.3 Å². The predicted molar refractivity (Wildman–Crippen MR) is 100 cm³/mol. The van der Waals surface area contributed by atoms with Crippen molar-refractivity contribution >= 4 is 29.9 Å². The van der Waals surface area contributed by atoms with E-state index in [-0.39, 0.29) is 36.3 Å². The lowest BCUT2D eigenvalue weighted by molar-refractivity contribution is 0.0914. The second-order valence-electron chi connectivity index (χ2n) is 6.12. The monoisotopic (exact) mass is 386 g/mol. The summed E-state index contributed by atoms with van der Waals surface area (Å²) in [7, 11) is 1.88. The zero-order chi connectivity index (χ0) is 17.7. The first-order chi connectivity index (χ1) is 11.4.